The number of thiophene rings is 1. The number of halogens is 1. The summed E-state index contributed by atoms with van der Waals surface area (Å²) in [5.74, 6) is -0.665. The number of hydrogen-bond acceptors (Lipinski definition) is 6. The third kappa shape index (κ3) is 2.52. The van der Waals surface area contributed by atoms with Crippen LogP contribution in [0.5, 0.6) is 0 Å². The van der Waals surface area contributed by atoms with Crippen molar-refractivity contribution in [3.05, 3.63) is 62.5 Å². The van der Waals surface area contributed by atoms with Crippen LogP contribution in [0.15, 0.2) is 29.3 Å². The van der Waals surface area contributed by atoms with Gasteiger partial charge in [0.2, 0.25) is 0 Å². The summed E-state index contributed by atoms with van der Waals surface area (Å²) in [6.45, 7) is 5.76. The molecule has 1 aromatic carbocycles. The highest BCUT2D eigenvalue weighted by atomic mass is 35.5. The molecule has 1 atom stereocenters. The van der Waals surface area contributed by atoms with E-state index in [0.29, 0.717) is 16.6 Å². The maximum atomic E-state index is 12.1. The van der Waals surface area contributed by atoms with Gasteiger partial charge in [0, 0.05) is 21.0 Å². The zero-order chi connectivity index (χ0) is 19.5. The second kappa shape index (κ2) is 5.98. The molecule has 1 aliphatic rings. The molecule has 7 nitrogen and oxygen atoms in total. The number of rotatable bonds is 2. The van der Waals surface area contributed by atoms with Crippen LogP contribution in [0.1, 0.15) is 33.2 Å². The van der Waals surface area contributed by atoms with Gasteiger partial charge in [-0.2, -0.15) is 0 Å². The highest BCUT2D eigenvalue weighted by molar-refractivity contribution is 7.15. The molecule has 0 saturated carbocycles. The van der Waals surface area contributed by atoms with Gasteiger partial charge in [-0.15, -0.1) is 21.5 Å². The molecule has 0 radical (unpaired) electrons. The number of nitrogens with two attached hydrogens (primary N) is 1. The number of hydrogen-bond donors (Lipinski definition) is 2. The number of carbonyl (C=O) groups is 1. The zero-order valence-electron chi connectivity index (χ0n) is 14.8. The van der Waals surface area contributed by atoms with E-state index in [4.69, 9.17) is 17.3 Å². The molecule has 9 heteroatoms. The van der Waals surface area contributed by atoms with Crippen molar-refractivity contribution in [3.8, 4) is 5.00 Å². The minimum atomic E-state index is -2.06. The summed E-state index contributed by atoms with van der Waals surface area (Å²) in [6.07, 6.45) is 0. The molecule has 27 heavy (non-hydrogen) atoms. The summed E-state index contributed by atoms with van der Waals surface area (Å²) >= 11 is 7.56. The second-order valence-electron chi connectivity index (χ2n) is 6.41. The Balaban J connectivity index is 2.14. The van der Waals surface area contributed by atoms with Crippen molar-refractivity contribution in [1.82, 2.24) is 14.8 Å². The Hall–Kier alpha value is -2.55. The molecule has 3 heterocycles. The lowest BCUT2D eigenvalue weighted by Crippen LogP contribution is -2.45. The van der Waals surface area contributed by atoms with Gasteiger partial charge in [0.05, 0.1) is 5.71 Å². The van der Waals surface area contributed by atoms with Crippen LogP contribution in [0.4, 0.5) is 0 Å². The van der Waals surface area contributed by atoms with Gasteiger partial charge in [-0.25, -0.2) is 9.79 Å². The quantitative estimate of drug-likeness (QED) is 0.686. The van der Waals surface area contributed by atoms with Crippen molar-refractivity contribution in [2.24, 2.45) is 10.7 Å². The molecule has 138 valence electrons. The minimum absolute atomic E-state index is 0.0824. The molecule has 0 fully saturated rings. The number of aromatic nitrogens is 3. The average Bonchev–Trinajstić information content (AvgIpc) is 3.10. The van der Waals surface area contributed by atoms with Gasteiger partial charge in [-0.1, -0.05) is 23.7 Å². The number of carboxylic acids is 1. The summed E-state index contributed by atoms with van der Waals surface area (Å²) in [4.78, 5) is 17.7. The van der Waals surface area contributed by atoms with Gasteiger partial charge >= 0.3 is 5.97 Å². The molecular weight excluding hydrogens is 386 g/mol. The molecule has 2 aromatic heterocycles. The molecule has 3 aromatic rings. The van der Waals surface area contributed by atoms with Crippen LogP contribution in [0.25, 0.3) is 5.00 Å². The Morgan fingerprint density at radius 3 is 2.52 bits per heavy atom. The molecule has 0 aliphatic carbocycles. The first-order valence-electron chi connectivity index (χ1n) is 8.15. The van der Waals surface area contributed by atoms with E-state index in [-0.39, 0.29) is 5.82 Å². The highest BCUT2D eigenvalue weighted by Gasteiger charge is 2.45. The Bertz CT molecular complexity index is 1120. The Kier molecular flexibility index (Phi) is 3.95. The van der Waals surface area contributed by atoms with Crippen LogP contribution < -0.4 is 5.73 Å². The largest absolute Gasteiger partial charge is 0.478 e. The van der Waals surface area contributed by atoms with Crippen LogP contribution in [0.2, 0.25) is 5.02 Å². The first-order chi connectivity index (χ1) is 12.7. The van der Waals surface area contributed by atoms with Crippen molar-refractivity contribution in [3.63, 3.8) is 0 Å². The van der Waals surface area contributed by atoms with Gasteiger partial charge < -0.3 is 5.11 Å². The van der Waals surface area contributed by atoms with Crippen LogP contribution in [0.3, 0.4) is 0 Å². The van der Waals surface area contributed by atoms with Gasteiger partial charge in [0.15, 0.2) is 5.82 Å². The molecule has 3 N–H and O–H groups in total. The molecule has 1 unspecified atom stereocenters. The fourth-order valence-electron chi connectivity index (χ4n) is 3.14. The highest BCUT2D eigenvalue weighted by Crippen LogP contribution is 2.39. The Morgan fingerprint density at radius 1 is 1.22 bits per heavy atom. The van der Waals surface area contributed by atoms with E-state index in [1.807, 2.05) is 13.8 Å². The topological polar surface area (TPSA) is 106 Å². The van der Waals surface area contributed by atoms with E-state index in [2.05, 4.69) is 15.2 Å². The third-order valence-corrected chi connectivity index (χ3v) is 6.15. The van der Waals surface area contributed by atoms with E-state index in [0.717, 1.165) is 26.6 Å². The summed E-state index contributed by atoms with van der Waals surface area (Å²) in [7, 11) is 0. The molecule has 0 saturated heterocycles. The average molecular weight is 402 g/mol. The van der Waals surface area contributed by atoms with Crippen molar-refractivity contribution in [2.75, 3.05) is 0 Å². The van der Waals surface area contributed by atoms with Gasteiger partial charge in [-0.05, 0) is 38.5 Å². The fraction of sp³-hybridized carbons (Fsp3) is 0.222. The maximum Gasteiger partial charge on any atom is 0.354 e. The number of carboxylic acid groups (broad SMARTS) is 1. The van der Waals surface area contributed by atoms with Gasteiger partial charge in [0.1, 0.15) is 10.8 Å². The normalized spacial score (nSPS) is 18.5. The van der Waals surface area contributed by atoms with Gasteiger partial charge in [-0.3, -0.25) is 10.3 Å². The number of nitrogens with zero attached hydrogens (tertiary/aromatic N) is 4. The zero-order valence-corrected chi connectivity index (χ0v) is 16.4. The van der Waals surface area contributed by atoms with E-state index < -0.39 is 11.6 Å². The Labute approximate surface area is 164 Å². The van der Waals surface area contributed by atoms with Crippen molar-refractivity contribution in [1.29, 1.82) is 0 Å². The number of aryl methyl sites for hydroxylation is 2. The molecule has 0 bridgehead atoms. The first kappa shape index (κ1) is 17.8. The van der Waals surface area contributed by atoms with E-state index in [9.17, 15) is 9.90 Å². The smallest absolute Gasteiger partial charge is 0.354 e. The second-order valence-corrected chi connectivity index (χ2v) is 8.05. The summed E-state index contributed by atoms with van der Waals surface area (Å²) in [6, 6.07) is 7.09. The standard InChI is InChI=1S/C18H16ClN5O2S/c1-8-9(2)27-15-13(8)14(11-4-6-12(19)7-5-11)21-18(20,17(25)26)16-23-22-10(3)24(15)16/h4-7H,20H2,1-3H3,(H,25,26). The maximum absolute atomic E-state index is 12.1. The number of fused-ring (bicyclic) bond motifs is 3. The number of benzene rings is 1. The SMILES string of the molecule is Cc1sc2c(c1C)C(c1ccc(Cl)cc1)=NC(N)(C(=O)O)c1nnc(C)n1-2. The van der Waals surface area contributed by atoms with E-state index >= 15 is 0 Å². The molecule has 0 spiro atoms. The van der Waals surface area contributed by atoms with Crippen molar-refractivity contribution >= 4 is 34.6 Å². The van der Waals surface area contributed by atoms with Gasteiger partial charge in [0.25, 0.3) is 5.66 Å². The number of aliphatic carboxylic acids is 1. The van der Waals surface area contributed by atoms with E-state index in [1.165, 1.54) is 11.3 Å². The lowest BCUT2D eigenvalue weighted by Gasteiger charge is -2.19. The summed E-state index contributed by atoms with van der Waals surface area (Å²) in [5.41, 5.74) is 7.29. The van der Waals surface area contributed by atoms with Crippen LogP contribution in [0, 0.1) is 20.8 Å². The van der Waals surface area contributed by atoms with Crippen LogP contribution >= 0.6 is 22.9 Å². The summed E-state index contributed by atoms with van der Waals surface area (Å²) < 4.78 is 1.69. The van der Waals surface area contributed by atoms with Crippen LogP contribution in [-0.2, 0) is 10.5 Å². The monoisotopic (exact) mass is 401 g/mol. The minimum Gasteiger partial charge on any atom is -0.478 e. The molecular formula is C18H16ClN5O2S. The Morgan fingerprint density at radius 2 is 1.89 bits per heavy atom. The van der Waals surface area contributed by atoms with Crippen molar-refractivity contribution < 1.29 is 9.90 Å². The molecule has 0 amide bonds. The lowest BCUT2D eigenvalue weighted by atomic mass is 9.99. The van der Waals surface area contributed by atoms with Crippen molar-refractivity contribution in [2.45, 2.75) is 26.4 Å². The fourth-order valence-corrected chi connectivity index (χ4v) is 4.47. The van der Waals surface area contributed by atoms with E-state index in [1.54, 1.807) is 35.8 Å². The predicted octanol–water partition coefficient (Wildman–Crippen LogP) is 2.95. The summed E-state index contributed by atoms with van der Waals surface area (Å²) in [5, 5.41) is 19.4. The molecule has 1 aliphatic heterocycles. The molecule has 4 rings (SSSR count). The van der Waals surface area contributed by atoms with Crippen LogP contribution in [-0.4, -0.2) is 31.6 Å². The lowest BCUT2D eigenvalue weighted by molar-refractivity contribution is -0.143. The first-order valence-corrected chi connectivity index (χ1v) is 9.34. The number of aliphatic imine (C=N–C) groups is 1. The predicted molar refractivity (Wildman–Crippen MR) is 104 cm³/mol. The third-order valence-electron chi connectivity index (χ3n) is 4.70.